The van der Waals surface area contributed by atoms with Crippen molar-refractivity contribution in [3.63, 3.8) is 0 Å². The zero-order valence-corrected chi connectivity index (χ0v) is 11.3. The number of hydrogen-bond donors (Lipinski definition) is 1. The van der Waals surface area contributed by atoms with E-state index < -0.39 is 0 Å². The summed E-state index contributed by atoms with van der Waals surface area (Å²) in [5, 5.41) is 7.73. The van der Waals surface area contributed by atoms with Gasteiger partial charge in [-0.1, -0.05) is 0 Å². The lowest BCUT2D eigenvalue weighted by atomic mass is 10.2. The highest BCUT2D eigenvalue weighted by atomic mass is 16.5. The van der Waals surface area contributed by atoms with Crippen molar-refractivity contribution in [2.75, 3.05) is 0 Å². The molecule has 0 amide bonds. The smallest absolute Gasteiger partial charge is 0.212 e. The first-order valence-corrected chi connectivity index (χ1v) is 6.64. The summed E-state index contributed by atoms with van der Waals surface area (Å²) in [6.07, 6.45) is 4.30. The molecule has 2 heterocycles. The van der Waals surface area contributed by atoms with Gasteiger partial charge in [-0.05, 0) is 25.8 Å². The number of ether oxygens (including phenoxy) is 1. The molecule has 0 radical (unpaired) electrons. The van der Waals surface area contributed by atoms with Gasteiger partial charge in [0.1, 0.15) is 12.4 Å². The van der Waals surface area contributed by atoms with E-state index in [0.29, 0.717) is 12.6 Å². The first-order chi connectivity index (χ1) is 9.22. The van der Waals surface area contributed by atoms with Crippen molar-refractivity contribution in [2.24, 2.45) is 7.05 Å². The molecule has 1 saturated carbocycles. The first kappa shape index (κ1) is 12.3. The fraction of sp³-hybridized carbons (Fsp3) is 0.500. The van der Waals surface area contributed by atoms with Crippen molar-refractivity contribution in [2.45, 2.75) is 39.0 Å². The molecule has 0 aliphatic heterocycles. The van der Waals surface area contributed by atoms with Crippen LogP contribution in [0.1, 0.15) is 29.9 Å². The normalized spacial score (nSPS) is 14.8. The highest BCUT2D eigenvalue weighted by molar-refractivity contribution is 5.19. The Hall–Kier alpha value is -1.75. The maximum Gasteiger partial charge on any atom is 0.212 e. The van der Waals surface area contributed by atoms with E-state index in [2.05, 4.69) is 10.4 Å². The van der Waals surface area contributed by atoms with Gasteiger partial charge in [0.05, 0.1) is 12.0 Å². The maximum absolute atomic E-state index is 5.74. The van der Waals surface area contributed by atoms with Crippen LogP contribution in [0.3, 0.4) is 0 Å². The summed E-state index contributed by atoms with van der Waals surface area (Å²) in [6, 6.07) is 4.62. The number of hydrogen-bond acceptors (Lipinski definition) is 4. The quantitative estimate of drug-likeness (QED) is 0.865. The summed E-state index contributed by atoms with van der Waals surface area (Å²) >= 11 is 0. The molecule has 19 heavy (non-hydrogen) atoms. The Labute approximate surface area is 112 Å². The molecular weight excluding hydrogens is 242 g/mol. The molecule has 1 fully saturated rings. The van der Waals surface area contributed by atoms with Crippen LogP contribution < -0.4 is 10.1 Å². The minimum atomic E-state index is 0.438. The molecular formula is C14H19N3O2. The van der Waals surface area contributed by atoms with Crippen molar-refractivity contribution in [1.82, 2.24) is 15.1 Å². The topological polar surface area (TPSA) is 52.2 Å². The van der Waals surface area contributed by atoms with Crippen LogP contribution in [-0.2, 0) is 20.2 Å². The van der Waals surface area contributed by atoms with Crippen LogP contribution in [-0.4, -0.2) is 15.8 Å². The zero-order valence-electron chi connectivity index (χ0n) is 11.3. The van der Waals surface area contributed by atoms with E-state index in [0.717, 1.165) is 23.9 Å². The largest absolute Gasteiger partial charge is 0.470 e. The van der Waals surface area contributed by atoms with E-state index in [1.54, 1.807) is 10.9 Å². The van der Waals surface area contributed by atoms with Crippen LogP contribution in [0.2, 0.25) is 0 Å². The molecule has 2 aromatic heterocycles. The monoisotopic (exact) mass is 261 g/mol. The third-order valence-corrected chi connectivity index (χ3v) is 3.31. The van der Waals surface area contributed by atoms with Crippen LogP contribution in [0.5, 0.6) is 5.88 Å². The molecule has 2 aromatic rings. The van der Waals surface area contributed by atoms with Gasteiger partial charge < -0.3 is 14.5 Å². The number of nitrogens with one attached hydrogen (secondary N) is 1. The SMILES string of the molecule is Cc1cc(OCc2occc2CNC2CC2)n(C)n1. The van der Waals surface area contributed by atoms with E-state index in [1.807, 2.05) is 26.1 Å². The predicted octanol–water partition coefficient (Wildman–Crippen LogP) is 2.15. The summed E-state index contributed by atoms with van der Waals surface area (Å²) in [6.45, 7) is 3.24. The van der Waals surface area contributed by atoms with Gasteiger partial charge in [0.2, 0.25) is 5.88 Å². The number of rotatable bonds is 6. The van der Waals surface area contributed by atoms with Crippen LogP contribution in [0.4, 0.5) is 0 Å². The second-order valence-electron chi connectivity index (χ2n) is 5.06. The Bertz CT molecular complexity index is 555. The second kappa shape index (κ2) is 5.09. The van der Waals surface area contributed by atoms with Crippen LogP contribution in [0.25, 0.3) is 0 Å². The minimum absolute atomic E-state index is 0.438. The molecule has 5 heteroatoms. The van der Waals surface area contributed by atoms with Gasteiger partial charge >= 0.3 is 0 Å². The summed E-state index contributed by atoms with van der Waals surface area (Å²) in [4.78, 5) is 0. The van der Waals surface area contributed by atoms with E-state index in [1.165, 1.54) is 18.4 Å². The third-order valence-electron chi connectivity index (χ3n) is 3.31. The molecule has 0 saturated heterocycles. The molecule has 0 aromatic carbocycles. The number of nitrogens with zero attached hydrogens (tertiary/aromatic N) is 2. The zero-order chi connectivity index (χ0) is 13.2. The highest BCUT2D eigenvalue weighted by Gasteiger charge is 2.21. The van der Waals surface area contributed by atoms with Crippen molar-refractivity contribution in [3.8, 4) is 5.88 Å². The number of aromatic nitrogens is 2. The molecule has 102 valence electrons. The lowest BCUT2D eigenvalue weighted by Crippen LogP contribution is -2.16. The minimum Gasteiger partial charge on any atom is -0.470 e. The first-order valence-electron chi connectivity index (χ1n) is 6.64. The van der Waals surface area contributed by atoms with Gasteiger partial charge in [0.15, 0.2) is 0 Å². The predicted molar refractivity (Wildman–Crippen MR) is 70.8 cm³/mol. The molecule has 0 spiro atoms. The highest BCUT2D eigenvalue weighted by Crippen LogP contribution is 2.21. The molecule has 0 atom stereocenters. The van der Waals surface area contributed by atoms with Gasteiger partial charge in [-0.15, -0.1) is 0 Å². The van der Waals surface area contributed by atoms with Gasteiger partial charge in [-0.25, -0.2) is 4.68 Å². The lowest BCUT2D eigenvalue weighted by molar-refractivity contribution is 0.247. The van der Waals surface area contributed by atoms with Crippen molar-refractivity contribution in [3.05, 3.63) is 35.4 Å². The standard InChI is InChI=1S/C14H19N3O2/c1-10-7-14(17(2)16-10)19-9-13-11(5-6-18-13)8-15-12-3-4-12/h5-7,12,15H,3-4,8-9H2,1-2H3. The molecule has 1 aliphatic rings. The van der Waals surface area contributed by atoms with Crippen molar-refractivity contribution >= 4 is 0 Å². The molecule has 5 nitrogen and oxygen atoms in total. The lowest BCUT2D eigenvalue weighted by Gasteiger charge is -2.06. The van der Waals surface area contributed by atoms with Crippen molar-refractivity contribution < 1.29 is 9.15 Å². The van der Waals surface area contributed by atoms with Gasteiger partial charge in [0.25, 0.3) is 0 Å². The molecule has 0 bridgehead atoms. The van der Waals surface area contributed by atoms with E-state index in [9.17, 15) is 0 Å². The van der Waals surface area contributed by atoms with Crippen molar-refractivity contribution in [1.29, 1.82) is 0 Å². The average Bonchev–Trinajstić information content (AvgIpc) is 3.01. The molecule has 3 rings (SSSR count). The summed E-state index contributed by atoms with van der Waals surface area (Å²) < 4.78 is 13.0. The Kier molecular flexibility index (Phi) is 3.29. The molecule has 1 N–H and O–H groups in total. The van der Waals surface area contributed by atoms with Gasteiger partial charge in [-0.3, -0.25) is 0 Å². The summed E-state index contributed by atoms with van der Waals surface area (Å²) in [5.74, 6) is 1.64. The second-order valence-corrected chi connectivity index (χ2v) is 5.06. The Balaban J connectivity index is 1.59. The molecule has 1 aliphatic carbocycles. The van der Waals surface area contributed by atoms with Crippen LogP contribution in [0.15, 0.2) is 22.8 Å². The number of aryl methyl sites for hydroxylation is 2. The summed E-state index contributed by atoms with van der Waals surface area (Å²) in [5.41, 5.74) is 2.12. The fourth-order valence-electron chi connectivity index (χ4n) is 2.05. The van der Waals surface area contributed by atoms with E-state index in [4.69, 9.17) is 9.15 Å². The van der Waals surface area contributed by atoms with E-state index >= 15 is 0 Å². The number of furan rings is 1. The van der Waals surface area contributed by atoms with Gasteiger partial charge in [0, 0.05) is 31.3 Å². The van der Waals surface area contributed by atoms with E-state index in [-0.39, 0.29) is 0 Å². The van der Waals surface area contributed by atoms with Crippen LogP contribution in [0, 0.1) is 6.92 Å². The molecule has 0 unspecified atom stereocenters. The maximum atomic E-state index is 5.74. The van der Waals surface area contributed by atoms with Crippen LogP contribution >= 0.6 is 0 Å². The Morgan fingerprint density at radius 3 is 3.05 bits per heavy atom. The fourth-order valence-corrected chi connectivity index (χ4v) is 2.05. The Morgan fingerprint density at radius 2 is 2.37 bits per heavy atom. The Morgan fingerprint density at radius 1 is 1.53 bits per heavy atom. The summed E-state index contributed by atoms with van der Waals surface area (Å²) in [7, 11) is 1.88. The van der Waals surface area contributed by atoms with Gasteiger partial charge in [-0.2, -0.15) is 5.10 Å². The average molecular weight is 261 g/mol. The third kappa shape index (κ3) is 2.98.